The van der Waals surface area contributed by atoms with Gasteiger partial charge in [0.05, 0.1) is 0 Å². The average molecular weight is 875 g/mol. The molecule has 0 spiro atoms. The van der Waals surface area contributed by atoms with Crippen molar-refractivity contribution in [3.8, 4) is 0 Å². The molecule has 0 N–H and O–H groups in total. The zero-order valence-corrected chi connectivity index (χ0v) is 41.9. The molecule has 0 heterocycles. The largest absolute Gasteiger partial charge is 0.462 e. The van der Waals surface area contributed by atoms with Gasteiger partial charge < -0.3 is 14.2 Å². The van der Waals surface area contributed by atoms with Crippen LogP contribution in [0.5, 0.6) is 0 Å². The summed E-state index contributed by atoms with van der Waals surface area (Å²) in [5, 5.41) is 0. The molecule has 0 aromatic heterocycles. The molecule has 0 rings (SSSR count). The maximum Gasteiger partial charge on any atom is 0.306 e. The molecule has 0 aromatic rings. The summed E-state index contributed by atoms with van der Waals surface area (Å²) >= 11 is 0. The van der Waals surface area contributed by atoms with Crippen LogP contribution in [0, 0.1) is 0 Å². The summed E-state index contributed by atoms with van der Waals surface area (Å²) < 4.78 is 16.8. The molecule has 0 bridgehead atoms. The lowest BCUT2D eigenvalue weighted by Gasteiger charge is -2.18. The third-order valence-electron chi connectivity index (χ3n) is 12.5. The van der Waals surface area contributed by atoms with Crippen LogP contribution in [0.15, 0.2) is 12.2 Å². The van der Waals surface area contributed by atoms with Crippen LogP contribution in [0.3, 0.4) is 0 Å². The van der Waals surface area contributed by atoms with E-state index in [1.54, 1.807) is 0 Å². The van der Waals surface area contributed by atoms with Crippen molar-refractivity contribution >= 4 is 17.9 Å². The maximum absolute atomic E-state index is 12.8. The fourth-order valence-corrected chi connectivity index (χ4v) is 8.32. The molecule has 6 heteroatoms. The van der Waals surface area contributed by atoms with Crippen molar-refractivity contribution in [2.75, 3.05) is 13.2 Å². The van der Waals surface area contributed by atoms with Crippen molar-refractivity contribution in [3.05, 3.63) is 12.2 Å². The minimum absolute atomic E-state index is 0.0652. The number of unbranched alkanes of at least 4 members (excludes halogenated alkanes) is 38. The van der Waals surface area contributed by atoms with Crippen molar-refractivity contribution in [2.45, 2.75) is 316 Å². The molecule has 0 amide bonds. The first kappa shape index (κ1) is 60.2. The van der Waals surface area contributed by atoms with Crippen molar-refractivity contribution in [2.24, 2.45) is 0 Å². The van der Waals surface area contributed by atoms with Gasteiger partial charge in [-0.3, -0.25) is 14.4 Å². The van der Waals surface area contributed by atoms with Gasteiger partial charge in [-0.2, -0.15) is 0 Å². The van der Waals surface area contributed by atoms with Crippen LogP contribution < -0.4 is 0 Å². The number of carbonyl (C=O) groups is 3. The summed E-state index contributed by atoms with van der Waals surface area (Å²) in [6.45, 7) is 6.65. The molecule has 0 fully saturated rings. The molecule has 366 valence electrons. The van der Waals surface area contributed by atoms with Gasteiger partial charge in [0, 0.05) is 19.3 Å². The summed E-state index contributed by atoms with van der Waals surface area (Å²) in [5.41, 5.74) is 0. The number of allylic oxidation sites excluding steroid dienone is 2. The average Bonchev–Trinajstić information content (AvgIpc) is 3.27. The van der Waals surface area contributed by atoms with E-state index in [1.165, 1.54) is 212 Å². The summed E-state index contributed by atoms with van der Waals surface area (Å²) in [7, 11) is 0. The molecule has 62 heavy (non-hydrogen) atoms. The first-order chi connectivity index (χ1) is 30.5. The topological polar surface area (TPSA) is 78.9 Å². The van der Waals surface area contributed by atoms with Crippen LogP contribution in [0.4, 0.5) is 0 Å². The van der Waals surface area contributed by atoms with E-state index >= 15 is 0 Å². The summed E-state index contributed by atoms with van der Waals surface area (Å²) in [6, 6.07) is 0. The van der Waals surface area contributed by atoms with Crippen LogP contribution in [-0.2, 0) is 28.6 Å². The Morgan fingerprint density at radius 3 is 0.806 bits per heavy atom. The van der Waals surface area contributed by atoms with E-state index in [0.717, 1.165) is 57.8 Å². The minimum Gasteiger partial charge on any atom is -0.462 e. The Hall–Kier alpha value is -1.85. The first-order valence-corrected chi connectivity index (χ1v) is 27.7. The lowest BCUT2D eigenvalue weighted by molar-refractivity contribution is -0.167. The Morgan fingerprint density at radius 2 is 0.532 bits per heavy atom. The van der Waals surface area contributed by atoms with Gasteiger partial charge in [0.15, 0.2) is 6.10 Å². The van der Waals surface area contributed by atoms with Crippen LogP contribution in [0.2, 0.25) is 0 Å². The molecule has 1 atom stereocenters. The number of rotatable bonds is 51. The van der Waals surface area contributed by atoms with Gasteiger partial charge in [0.1, 0.15) is 13.2 Å². The fourth-order valence-electron chi connectivity index (χ4n) is 8.32. The monoisotopic (exact) mass is 875 g/mol. The predicted octanol–water partition coefficient (Wildman–Crippen LogP) is 18.2. The van der Waals surface area contributed by atoms with Gasteiger partial charge in [-0.05, 0) is 44.9 Å². The molecule has 1 unspecified atom stereocenters. The molecule has 0 aromatic carbocycles. The quantitative estimate of drug-likeness (QED) is 0.0262. The van der Waals surface area contributed by atoms with E-state index in [-0.39, 0.29) is 31.1 Å². The SMILES string of the molecule is CCCCCCCCCC/C=C\CCCCCCCCCCCCCC(=O)OCC(COC(=O)CCCCCCCCCC)OC(=O)CCCCCCCCCCCCCCC. The second-order valence-electron chi connectivity index (χ2n) is 18.9. The molecule has 0 aliphatic rings. The van der Waals surface area contributed by atoms with Crippen molar-refractivity contribution < 1.29 is 28.6 Å². The highest BCUT2D eigenvalue weighted by Crippen LogP contribution is 2.17. The molecule has 0 aliphatic heterocycles. The molecule has 0 saturated carbocycles. The second kappa shape index (κ2) is 51.8. The third kappa shape index (κ3) is 49.2. The highest BCUT2D eigenvalue weighted by molar-refractivity contribution is 5.71. The van der Waals surface area contributed by atoms with Crippen LogP contribution in [-0.4, -0.2) is 37.2 Å². The number of carbonyl (C=O) groups excluding carboxylic acids is 3. The van der Waals surface area contributed by atoms with Crippen LogP contribution in [0.25, 0.3) is 0 Å². The number of esters is 3. The van der Waals surface area contributed by atoms with Gasteiger partial charge in [-0.15, -0.1) is 0 Å². The maximum atomic E-state index is 12.8. The van der Waals surface area contributed by atoms with E-state index < -0.39 is 6.10 Å². The predicted molar refractivity (Wildman–Crippen MR) is 266 cm³/mol. The smallest absolute Gasteiger partial charge is 0.306 e. The summed E-state index contributed by atoms with van der Waals surface area (Å²) in [6.07, 6.45) is 57.9. The van der Waals surface area contributed by atoms with E-state index in [0.29, 0.717) is 19.3 Å². The highest BCUT2D eigenvalue weighted by atomic mass is 16.6. The molecule has 6 nitrogen and oxygen atoms in total. The number of hydrogen-bond donors (Lipinski definition) is 0. The van der Waals surface area contributed by atoms with Gasteiger partial charge in [-0.1, -0.05) is 258 Å². The van der Waals surface area contributed by atoms with Gasteiger partial charge in [0.25, 0.3) is 0 Å². The summed E-state index contributed by atoms with van der Waals surface area (Å²) in [4.78, 5) is 37.9. The third-order valence-corrected chi connectivity index (χ3v) is 12.5. The Bertz CT molecular complexity index is 962. The lowest BCUT2D eigenvalue weighted by atomic mass is 10.0. The van der Waals surface area contributed by atoms with Gasteiger partial charge >= 0.3 is 17.9 Å². The van der Waals surface area contributed by atoms with Crippen molar-refractivity contribution in [1.29, 1.82) is 0 Å². The van der Waals surface area contributed by atoms with Gasteiger partial charge in [-0.25, -0.2) is 0 Å². The van der Waals surface area contributed by atoms with E-state index in [1.807, 2.05) is 0 Å². The lowest BCUT2D eigenvalue weighted by Crippen LogP contribution is -2.30. The minimum atomic E-state index is -0.762. The first-order valence-electron chi connectivity index (χ1n) is 27.7. The van der Waals surface area contributed by atoms with E-state index in [2.05, 4.69) is 32.9 Å². The molecular formula is C56H106O6. The van der Waals surface area contributed by atoms with E-state index in [4.69, 9.17) is 14.2 Å². The van der Waals surface area contributed by atoms with Crippen LogP contribution >= 0.6 is 0 Å². The molecule has 0 aliphatic carbocycles. The highest BCUT2D eigenvalue weighted by Gasteiger charge is 2.19. The Balaban J connectivity index is 4.13. The Labute approximate surface area is 386 Å². The summed E-state index contributed by atoms with van der Waals surface area (Å²) in [5.74, 6) is -0.852. The number of hydrogen-bond acceptors (Lipinski definition) is 6. The normalized spacial score (nSPS) is 12.0. The zero-order valence-electron chi connectivity index (χ0n) is 41.9. The van der Waals surface area contributed by atoms with Crippen molar-refractivity contribution in [3.63, 3.8) is 0 Å². The van der Waals surface area contributed by atoms with E-state index in [9.17, 15) is 14.4 Å². The fraction of sp³-hybridized carbons (Fsp3) is 0.911. The van der Waals surface area contributed by atoms with Gasteiger partial charge in [0.2, 0.25) is 0 Å². The molecule has 0 radical (unpaired) electrons. The molecule has 0 saturated heterocycles. The standard InChI is InChI=1S/C56H106O6/c1-4-7-10-13-16-19-21-23-24-25-26-27-28-29-30-31-32-34-35-37-40-43-46-49-55(58)61-52-53(51-60-54(57)48-45-42-39-18-15-12-9-6-3)62-56(59)50-47-44-41-38-36-33-22-20-17-14-11-8-5-2/h25-26,53H,4-24,27-52H2,1-3H3/b26-25-. The Kier molecular flexibility index (Phi) is 50.2. The zero-order chi connectivity index (χ0) is 45.1. The molecular weight excluding hydrogens is 769 g/mol. The van der Waals surface area contributed by atoms with Crippen molar-refractivity contribution in [1.82, 2.24) is 0 Å². The number of ether oxygens (including phenoxy) is 3. The second-order valence-corrected chi connectivity index (χ2v) is 18.9. The van der Waals surface area contributed by atoms with Crippen LogP contribution in [0.1, 0.15) is 310 Å². The Morgan fingerprint density at radius 1 is 0.306 bits per heavy atom.